The molecule has 0 radical (unpaired) electrons. The summed E-state index contributed by atoms with van der Waals surface area (Å²) in [4.78, 5) is 17.2. The molecule has 0 saturated heterocycles. The lowest BCUT2D eigenvalue weighted by atomic mass is 10.0. The Labute approximate surface area is 147 Å². The van der Waals surface area contributed by atoms with Crippen LogP contribution in [0.1, 0.15) is 0 Å². The van der Waals surface area contributed by atoms with Gasteiger partial charge in [-0.05, 0) is 42.5 Å². The Hall–Kier alpha value is -2.86. The molecule has 0 aromatic heterocycles. The van der Waals surface area contributed by atoms with E-state index >= 15 is 0 Å². The van der Waals surface area contributed by atoms with E-state index in [0.717, 1.165) is 21.4 Å². The molecule has 24 heavy (non-hydrogen) atoms. The third-order valence-corrected chi connectivity index (χ3v) is 3.64. The molecule has 1 N–H and O–H groups in total. The topological polar surface area (TPSA) is 69.7 Å². The van der Waals surface area contributed by atoms with Gasteiger partial charge in [0.2, 0.25) is 5.88 Å². The number of aliphatic imine (C=N–C) groups is 4. The molecule has 0 saturated carbocycles. The zero-order valence-corrected chi connectivity index (χ0v) is 14.2. The van der Waals surface area contributed by atoms with Gasteiger partial charge in [-0.2, -0.15) is 0 Å². The summed E-state index contributed by atoms with van der Waals surface area (Å²) in [5.41, 5.74) is 2.87. The van der Waals surface area contributed by atoms with E-state index in [1.165, 1.54) is 18.5 Å². The quantitative estimate of drug-likeness (QED) is 0.468. The summed E-state index contributed by atoms with van der Waals surface area (Å²) in [6, 6.07) is 7.64. The molecule has 1 aliphatic carbocycles. The number of hydrogen-bond donors (Lipinski definition) is 1. The van der Waals surface area contributed by atoms with Crippen LogP contribution in [0, 0.1) is 0 Å². The van der Waals surface area contributed by atoms with Crippen molar-refractivity contribution in [3.8, 4) is 0 Å². The lowest BCUT2D eigenvalue weighted by Crippen LogP contribution is -2.18. The van der Waals surface area contributed by atoms with Crippen LogP contribution in [0.2, 0.25) is 0 Å². The summed E-state index contributed by atoms with van der Waals surface area (Å²) < 4.78 is 0.942. The molecule has 0 atom stereocenters. The first-order valence-corrected chi connectivity index (χ1v) is 7.90. The van der Waals surface area contributed by atoms with Gasteiger partial charge in [0.25, 0.3) is 0 Å². The van der Waals surface area contributed by atoms with Crippen LogP contribution >= 0.6 is 15.9 Å². The second-order valence-corrected chi connectivity index (χ2v) is 5.78. The summed E-state index contributed by atoms with van der Waals surface area (Å²) in [6.45, 7) is 3.53. The first kappa shape index (κ1) is 16.0. The summed E-state index contributed by atoms with van der Waals surface area (Å²) in [5, 5.41) is 9.67. The number of aliphatic hydroxyl groups is 1. The van der Waals surface area contributed by atoms with Gasteiger partial charge in [0.15, 0.2) is 5.84 Å². The fourth-order valence-corrected chi connectivity index (χ4v) is 2.52. The number of hydrogen-bond acceptors (Lipinski definition) is 4. The Balaban J connectivity index is 2.00. The largest absolute Gasteiger partial charge is 0.493 e. The Kier molecular flexibility index (Phi) is 4.77. The maximum atomic E-state index is 9.67. The maximum Gasteiger partial charge on any atom is 0.211 e. The van der Waals surface area contributed by atoms with Gasteiger partial charge in [0, 0.05) is 10.0 Å². The molecule has 1 aliphatic heterocycles. The number of nitrogens with zero attached hydrogens (tertiary/aromatic N) is 4. The number of fused-ring (bicyclic) bond motifs is 1. The van der Waals surface area contributed by atoms with Crippen LogP contribution in [0.4, 0.5) is 5.69 Å². The predicted molar refractivity (Wildman–Crippen MR) is 103 cm³/mol. The van der Waals surface area contributed by atoms with E-state index < -0.39 is 0 Å². The van der Waals surface area contributed by atoms with Crippen molar-refractivity contribution < 1.29 is 5.11 Å². The van der Waals surface area contributed by atoms with Crippen molar-refractivity contribution in [1.29, 1.82) is 0 Å². The van der Waals surface area contributed by atoms with Gasteiger partial charge in [0.1, 0.15) is 6.34 Å². The molecule has 0 bridgehead atoms. The lowest BCUT2D eigenvalue weighted by Gasteiger charge is -2.14. The van der Waals surface area contributed by atoms with Crippen molar-refractivity contribution in [2.75, 3.05) is 0 Å². The van der Waals surface area contributed by atoms with E-state index in [-0.39, 0.29) is 5.88 Å². The van der Waals surface area contributed by atoms with E-state index in [4.69, 9.17) is 0 Å². The first-order chi connectivity index (χ1) is 11.7. The predicted octanol–water partition coefficient (Wildman–Crippen LogP) is 4.48. The average molecular weight is 381 g/mol. The molecule has 5 nitrogen and oxygen atoms in total. The molecule has 3 rings (SSSR count). The van der Waals surface area contributed by atoms with Crippen LogP contribution in [0.3, 0.4) is 0 Å². The first-order valence-electron chi connectivity index (χ1n) is 7.11. The van der Waals surface area contributed by atoms with Crippen molar-refractivity contribution >= 4 is 45.2 Å². The zero-order valence-electron chi connectivity index (χ0n) is 12.6. The fourth-order valence-electron chi connectivity index (χ4n) is 2.13. The van der Waals surface area contributed by atoms with Crippen molar-refractivity contribution in [3.05, 3.63) is 77.2 Å². The summed E-state index contributed by atoms with van der Waals surface area (Å²) in [7, 11) is 0. The van der Waals surface area contributed by atoms with E-state index in [1.807, 2.05) is 30.3 Å². The van der Waals surface area contributed by atoms with Crippen molar-refractivity contribution in [2.24, 2.45) is 20.0 Å². The van der Waals surface area contributed by atoms with Crippen LogP contribution < -0.4 is 0 Å². The molecule has 2 aliphatic rings. The third kappa shape index (κ3) is 3.72. The maximum absolute atomic E-state index is 9.67. The highest BCUT2D eigenvalue weighted by Gasteiger charge is 2.18. The number of rotatable bonds is 3. The number of aliphatic hydroxyl groups excluding tert-OH is 1. The van der Waals surface area contributed by atoms with Crippen molar-refractivity contribution in [2.45, 2.75) is 0 Å². The highest BCUT2D eigenvalue weighted by Crippen LogP contribution is 2.22. The van der Waals surface area contributed by atoms with Crippen LogP contribution in [-0.4, -0.2) is 28.7 Å². The molecule has 0 spiro atoms. The Bertz CT molecular complexity index is 901. The molecular formula is C18H13BrN4O. The fraction of sp³-hybridized carbons (Fsp3) is 0. The van der Waals surface area contributed by atoms with Gasteiger partial charge >= 0.3 is 0 Å². The SMILES string of the molecule is C=C/C=C(\O)N=C1C=CC2=NC=NC(=Nc3cccc(Br)c3)C2=C1. The van der Waals surface area contributed by atoms with E-state index in [2.05, 4.69) is 42.5 Å². The van der Waals surface area contributed by atoms with Gasteiger partial charge in [-0.25, -0.2) is 20.0 Å². The molecule has 118 valence electrons. The van der Waals surface area contributed by atoms with Gasteiger partial charge in [0.05, 0.1) is 17.1 Å². The number of amidine groups is 1. The van der Waals surface area contributed by atoms with Gasteiger partial charge in [-0.3, -0.25) is 0 Å². The Morgan fingerprint density at radius 3 is 2.96 bits per heavy atom. The van der Waals surface area contributed by atoms with Crippen molar-refractivity contribution in [3.63, 3.8) is 0 Å². The molecule has 0 fully saturated rings. The highest BCUT2D eigenvalue weighted by molar-refractivity contribution is 9.10. The molecular weight excluding hydrogens is 368 g/mol. The lowest BCUT2D eigenvalue weighted by molar-refractivity contribution is 0.407. The van der Waals surface area contributed by atoms with Crippen molar-refractivity contribution in [1.82, 2.24) is 0 Å². The van der Waals surface area contributed by atoms with Gasteiger partial charge in [-0.15, -0.1) is 0 Å². The Morgan fingerprint density at radius 1 is 1.29 bits per heavy atom. The second kappa shape index (κ2) is 7.14. The summed E-state index contributed by atoms with van der Waals surface area (Å²) in [6.07, 6.45) is 9.74. The van der Waals surface area contributed by atoms with Crippen LogP contribution in [0.25, 0.3) is 0 Å². The average Bonchev–Trinajstić information content (AvgIpc) is 2.56. The number of halogens is 1. The normalized spacial score (nSPS) is 20.0. The smallest absolute Gasteiger partial charge is 0.211 e. The second-order valence-electron chi connectivity index (χ2n) is 4.86. The molecule has 0 unspecified atom stereocenters. The zero-order chi connectivity index (χ0) is 16.9. The van der Waals surface area contributed by atoms with E-state index in [9.17, 15) is 5.11 Å². The minimum Gasteiger partial charge on any atom is -0.493 e. The van der Waals surface area contributed by atoms with Crippen LogP contribution in [0.5, 0.6) is 0 Å². The number of benzene rings is 1. The summed E-state index contributed by atoms with van der Waals surface area (Å²) >= 11 is 3.43. The molecule has 0 amide bonds. The highest BCUT2D eigenvalue weighted by atomic mass is 79.9. The van der Waals surface area contributed by atoms with E-state index in [0.29, 0.717) is 11.5 Å². The van der Waals surface area contributed by atoms with E-state index in [1.54, 1.807) is 12.2 Å². The van der Waals surface area contributed by atoms with Crippen LogP contribution in [-0.2, 0) is 0 Å². The molecule has 1 aromatic carbocycles. The molecule has 1 heterocycles. The standard InChI is InChI=1S/C18H13BrN4O/c1-2-4-17(24)22-14-7-8-16-15(10-14)18(21-11-20-16)23-13-6-3-5-12(19)9-13/h2-11,24H,1H2/b17-4-,22-14?,23-18?. The number of allylic oxidation sites excluding steroid dienone is 5. The summed E-state index contributed by atoms with van der Waals surface area (Å²) in [5.74, 6) is 0.425. The minimum absolute atomic E-state index is 0.119. The molecule has 6 heteroatoms. The Morgan fingerprint density at radius 2 is 2.17 bits per heavy atom. The third-order valence-electron chi connectivity index (χ3n) is 3.15. The minimum atomic E-state index is -0.119. The monoisotopic (exact) mass is 380 g/mol. The van der Waals surface area contributed by atoms with Gasteiger partial charge < -0.3 is 5.11 Å². The van der Waals surface area contributed by atoms with Crippen LogP contribution in [0.15, 0.2) is 97.1 Å². The molecule has 1 aromatic rings. The van der Waals surface area contributed by atoms with Gasteiger partial charge in [-0.1, -0.05) is 34.7 Å².